The first kappa shape index (κ1) is 8.87. The van der Waals surface area contributed by atoms with Crippen LogP contribution in [-0.2, 0) is 0 Å². The Morgan fingerprint density at radius 1 is 1.33 bits per heavy atom. The Morgan fingerprint density at radius 3 is 2.42 bits per heavy atom. The number of ketones is 1. The molecule has 12 heavy (non-hydrogen) atoms. The third-order valence-corrected chi connectivity index (χ3v) is 1.65. The van der Waals surface area contributed by atoms with Crippen molar-refractivity contribution in [2.75, 3.05) is 0 Å². The lowest BCUT2D eigenvalue weighted by molar-refractivity contribution is 0.0989. The molecule has 0 saturated carbocycles. The van der Waals surface area contributed by atoms with Crippen LogP contribution in [0.5, 0.6) is 0 Å². The zero-order chi connectivity index (χ0) is 8.97. The molecule has 0 saturated heterocycles. The summed E-state index contributed by atoms with van der Waals surface area (Å²) in [5, 5.41) is 2.43. The van der Waals surface area contributed by atoms with Gasteiger partial charge in [-0.05, 0) is 5.18 Å². The molecule has 1 aromatic carbocycles. The van der Waals surface area contributed by atoms with Crippen molar-refractivity contribution in [1.82, 2.24) is 0 Å². The second kappa shape index (κ2) is 3.97. The lowest BCUT2D eigenvalue weighted by Crippen LogP contribution is -2.10. The maximum absolute atomic E-state index is 11.2. The minimum Gasteiger partial charge on any atom is -0.290 e. The molecule has 0 bridgehead atoms. The number of carbonyl (C=O) groups excluding carboxylic acids is 1. The van der Waals surface area contributed by atoms with Gasteiger partial charge in [-0.25, -0.2) is 0 Å². The zero-order valence-corrected chi connectivity index (χ0v) is 6.86. The number of rotatable bonds is 3. The number of hydrogen-bond donors (Lipinski definition) is 0. The highest BCUT2D eigenvalue weighted by atomic mass is 35.5. The standard InChI is InChI=1S/C8H6ClNO2/c9-8(10-12)7(11)6-4-2-1-3-5-6/h1-5,8H. The van der Waals surface area contributed by atoms with Crippen LogP contribution in [0.2, 0.25) is 0 Å². The summed E-state index contributed by atoms with van der Waals surface area (Å²) < 4.78 is 0. The Bertz CT molecular complexity index is 286. The van der Waals surface area contributed by atoms with Crippen molar-refractivity contribution in [3.63, 3.8) is 0 Å². The second-order valence-electron chi connectivity index (χ2n) is 2.17. The Morgan fingerprint density at radius 2 is 1.92 bits per heavy atom. The van der Waals surface area contributed by atoms with Crippen LogP contribution in [0.4, 0.5) is 0 Å². The third-order valence-electron chi connectivity index (χ3n) is 1.37. The predicted octanol–water partition coefficient (Wildman–Crippen LogP) is 2.20. The van der Waals surface area contributed by atoms with Gasteiger partial charge in [0, 0.05) is 5.56 Å². The SMILES string of the molecule is O=NC(Cl)C(=O)c1ccccc1. The summed E-state index contributed by atoms with van der Waals surface area (Å²) in [5.74, 6) is -0.465. The minimum atomic E-state index is -1.31. The Hall–Kier alpha value is -1.22. The maximum atomic E-state index is 11.2. The van der Waals surface area contributed by atoms with Gasteiger partial charge in [-0.2, -0.15) is 0 Å². The highest BCUT2D eigenvalue weighted by molar-refractivity contribution is 6.33. The zero-order valence-electron chi connectivity index (χ0n) is 6.11. The van der Waals surface area contributed by atoms with Crippen molar-refractivity contribution in [2.45, 2.75) is 5.50 Å². The number of benzene rings is 1. The first-order valence-corrected chi connectivity index (χ1v) is 3.75. The number of hydrogen-bond acceptors (Lipinski definition) is 3. The molecular weight excluding hydrogens is 178 g/mol. The van der Waals surface area contributed by atoms with Gasteiger partial charge in [0.05, 0.1) is 0 Å². The number of carbonyl (C=O) groups is 1. The molecule has 1 aromatic rings. The van der Waals surface area contributed by atoms with E-state index in [1.165, 1.54) is 0 Å². The molecule has 0 aliphatic carbocycles. The van der Waals surface area contributed by atoms with Crippen molar-refractivity contribution in [2.24, 2.45) is 5.18 Å². The normalized spacial score (nSPS) is 12.1. The maximum Gasteiger partial charge on any atom is 0.227 e. The fraction of sp³-hybridized carbons (Fsp3) is 0.125. The molecule has 1 rings (SSSR count). The smallest absolute Gasteiger partial charge is 0.227 e. The van der Waals surface area contributed by atoms with Gasteiger partial charge in [-0.1, -0.05) is 41.9 Å². The molecule has 1 atom stereocenters. The van der Waals surface area contributed by atoms with Gasteiger partial charge in [-0.15, -0.1) is 4.91 Å². The van der Waals surface area contributed by atoms with E-state index < -0.39 is 11.3 Å². The van der Waals surface area contributed by atoms with Gasteiger partial charge < -0.3 is 0 Å². The summed E-state index contributed by atoms with van der Waals surface area (Å²) in [4.78, 5) is 21.1. The quantitative estimate of drug-likeness (QED) is 0.312. The van der Waals surface area contributed by atoms with Gasteiger partial charge in [0.2, 0.25) is 11.3 Å². The predicted molar refractivity (Wildman–Crippen MR) is 46.2 cm³/mol. The van der Waals surface area contributed by atoms with Gasteiger partial charge in [0.1, 0.15) is 0 Å². The van der Waals surface area contributed by atoms with Crippen LogP contribution in [0.1, 0.15) is 10.4 Å². The van der Waals surface area contributed by atoms with Crippen LogP contribution in [0.3, 0.4) is 0 Å². The lowest BCUT2D eigenvalue weighted by Gasteiger charge is -1.98. The fourth-order valence-electron chi connectivity index (χ4n) is 0.788. The molecular formula is C8H6ClNO2. The van der Waals surface area contributed by atoms with Crippen LogP contribution in [-0.4, -0.2) is 11.3 Å². The number of nitroso groups, excluding NO2 is 1. The average molecular weight is 184 g/mol. The summed E-state index contributed by atoms with van der Waals surface area (Å²) in [7, 11) is 0. The average Bonchev–Trinajstić information content (AvgIpc) is 2.17. The molecule has 1 unspecified atom stereocenters. The molecule has 0 heterocycles. The molecule has 0 radical (unpaired) electrons. The monoisotopic (exact) mass is 183 g/mol. The number of nitrogens with zero attached hydrogens (tertiary/aromatic N) is 1. The molecule has 0 aromatic heterocycles. The largest absolute Gasteiger partial charge is 0.290 e. The summed E-state index contributed by atoms with van der Waals surface area (Å²) in [6.45, 7) is 0. The van der Waals surface area contributed by atoms with Crippen molar-refractivity contribution in [3.8, 4) is 0 Å². The van der Waals surface area contributed by atoms with Crippen molar-refractivity contribution >= 4 is 17.4 Å². The van der Waals surface area contributed by atoms with E-state index in [9.17, 15) is 9.70 Å². The molecule has 0 fully saturated rings. The number of alkyl halides is 1. The molecule has 0 N–H and O–H groups in total. The van der Waals surface area contributed by atoms with Crippen LogP contribution in [0.25, 0.3) is 0 Å². The molecule has 62 valence electrons. The molecule has 3 nitrogen and oxygen atoms in total. The third kappa shape index (κ3) is 1.89. The van der Waals surface area contributed by atoms with E-state index in [2.05, 4.69) is 5.18 Å². The van der Waals surface area contributed by atoms with Crippen molar-refractivity contribution < 1.29 is 4.79 Å². The molecule has 0 amide bonds. The van der Waals surface area contributed by atoms with Gasteiger partial charge in [-0.3, -0.25) is 4.79 Å². The van der Waals surface area contributed by atoms with Crippen molar-refractivity contribution in [1.29, 1.82) is 0 Å². The van der Waals surface area contributed by atoms with E-state index in [0.29, 0.717) is 5.56 Å². The van der Waals surface area contributed by atoms with Crippen LogP contribution in [0, 0.1) is 4.91 Å². The lowest BCUT2D eigenvalue weighted by atomic mass is 10.1. The van der Waals surface area contributed by atoms with E-state index in [1.807, 2.05) is 0 Å². The molecule has 0 aliphatic heterocycles. The van der Waals surface area contributed by atoms with E-state index in [-0.39, 0.29) is 0 Å². The topological polar surface area (TPSA) is 46.5 Å². The van der Waals surface area contributed by atoms with E-state index >= 15 is 0 Å². The summed E-state index contributed by atoms with van der Waals surface area (Å²) in [6.07, 6.45) is 0. The Balaban J connectivity index is 2.85. The summed E-state index contributed by atoms with van der Waals surface area (Å²) >= 11 is 5.32. The van der Waals surface area contributed by atoms with Crippen molar-refractivity contribution in [3.05, 3.63) is 40.8 Å². The van der Waals surface area contributed by atoms with E-state index in [1.54, 1.807) is 30.3 Å². The Kier molecular flexibility index (Phi) is 2.94. The second-order valence-corrected chi connectivity index (χ2v) is 2.58. The molecule has 4 heteroatoms. The van der Waals surface area contributed by atoms with Gasteiger partial charge in [0.15, 0.2) is 0 Å². The van der Waals surface area contributed by atoms with Crippen LogP contribution >= 0.6 is 11.6 Å². The molecule has 0 aliphatic rings. The van der Waals surface area contributed by atoms with E-state index in [0.717, 1.165) is 0 Å². The van der Waals surface area contributed by atoms with Crippen LogP contribution < -0.4 is 0 Å². The van der Waals surface area contributed by atoms with Gasteiger partial charge in [0.25, 0.3) is 0 Å². The highest BCUT2D eigenvalue weighted by Gasteiger charge is 2.16. The molecule has 0 spiro atoms. The van der Waals surface area contributed by atoms with Gasteiger partial charge >= 0.3 is 0 Å². The van der Waals surface area contributed by atoms with Crippen LogP contribution in [0.15, 0.2) is 35.5 Å². The highest BCUT2D eigenvalue weighted by Crippen LogP contribution is 2.08. The number of Topliss-reactive ketones (excluding diaryl/α,β-unsaturated/α-hetero) is 1. The summed E-state index contributed by atoms with van der Waals surface area (Å²) in [5.41, 5.74) is -0.912. The first-order chi connectivity index (χ1) is 5.75. The fourth-order valence-corrected chi connectivity index (χ4v) is 0.914. The summed E-state index contributed by atoms with van der Waals surface area (Å²) in [6, 6.07) is 8.34. The first-order valence-electron chi connectivity index (χ1n) is 3.31. The Labute approximate surface area is 74.3 Å². The number of halogens is 1. The minimum absolute atomic E-state index is 0.400. The van der Waals surface area contributed by atoms with E-state index in [4.69, 9.17) is 11.6 Å².